The van der Waals surface area contributed by atoms with Crippen LogP contribution in [0.3, 0.4) is 0 Å². The van der Waals surface area contributed by atoms with Gasteiger partial charge in [0.1, 0.15) is 16.2 Å². The van der Waals surface area contributed by atoms with E-state index in [1.807, 2.05) is 23.1 Å². The van der Waals surface area contributed by atoms with Gasteiger partial charge in [0.05, 0.1) is 0 Å². The molecule has 130 valence electrons. The Kier molecular flexibility index (Phi) is 4.18. The van der Waals surface area contributed by atoms with E-state index in [1.54, 1.807) is 6.33 Å². The normalized spacial score (nSPS) is 16.9. The first-order valence-corrected chi connectivity index (χ1v) is 10.9. The summed E-state index contributed by atoms with van der Waals surface area (Å²) in [4.78, 5) is 11.9. The Morgan fingerprint density at radius 1 is 1.12 bits per heavy atom. The second-order valence-electron chi connectivity index (χ2n) is 7.14. The van der Waals surface area contributed by atoms with Gasteiger partial charge in [-0.25, -0.2) is 9.97 Å². The van der Waals surface area contributed by atoms with Crippen molar-refractivity contribution in [2.24, 2.45) is 5.92 Å². The molecule has 4 aromatic rings. The second kappa shape index (κ2) is 6.67. The van der Waals surface area contributed by atoms with Crippen LogP contribution in [0.25, 0.3) is 21.0 Å². The maximum absolute atomic E-state index is 4.66. The second-order valence-corrected chi connectivity index (χ2v) is 9.19. The zero-order valence-corrected chi connectivity index (χ0v) is 16.4. The average Bonchev–Trinajstić information content (AvgIpc) is 3.04. The predicted molar refractivity (Wildman–Crippen MR) is 112 cm³/mol. The molecule has 0 amide bonds. The molecular weight excluding hydrogens is 356 g/mol. The molecule has 0 saturated heterocycles. The summed E-state index contributed by atoms with van der Waals surface area (Å²) in [6.07, 6.45) is 5.38. The van der Waals surface area contributed by atoms with Crippen LogP contribution in [0.4, 0.5) is 0 Å². The fourth-order valence-electron chi connectivity index (χ4n) is 3.92. The van der Waals surface area contributed by atoms with E-state index in [-0.39, 0.29) is 0 Å². The van der Waals surface area contributed by atoms with E-state index in [4.69, 9.17) is 0 Å². The van der Waals surface area contributed by atoms with E-state index < -0.39 is 0 Å². The Labute approximate surface area is 161 Å². The van der Waals surface area contributed by atoms with Crippen molar-refractivity contribution in [1.29, 1.82) is 0 Å². The minimum Gasteiger partial charge on any atom is -0.229 e. The van der Waals surface area contributed by atoms with Crippen molar-refractivity contribution in [2.75, 3.05) is 0 Å². The van der Waals surface area contributed by atoms with Crippen LogP contribution < -0.4 is 0 Å². The van der Waals surface area contributed by atoms with Crippen LogP contribution in [0.5, 0.6) is 0 Å². The highest BCUT2D eigenvalue weighted by Gasteiger charge is 2.23. The number of thiophene rings is 1. The van der Waals surface area contributed by atoms with Gasteiger partial charge in [0.25, 0.3) is 0 Å². The number of nitrogens with zero attached hydrogens (tertiary/aromatic N) is 2. The molecule has 1 unspecified atom stereocenters. The molecule has 0 saturated carbocycles. The molecule has 0 fully saturated rings. The Morgan fingerprint density at radius 2 is 2.00 bits per heavy atom. The topological polar surface area (TPSA) is 25.8 Å². The van der Waals surface area contributed by atoms with Crippen LogP contribution in [-0.4, -0.2) is 9.97 Å². The lowest BCUT2D eigenvalue weighted by Crippen LogP contribution is -2.08. The van der Waals surface area contributed by atoms with Crippen LogP contribution in [0.1, 0.15) is 29.3 Å². The number of rotatable bonds is 3. The molecule has 0 radical (unpaired) electrons. The largest absolute Gasteiger partial charge is 0.229 e. The van der Waals surface area contributed by atoms with E-state index in [1.165, 1.54) is 56.3 Å². The molecule has 0 N–H and O–H groups in total. The number of thioether (sulfide) groups is 1. The number of fused-ring (bicyclic) bond motifs is 4. The Bertz CT molecular complexity index is 1090. The maximum Gasteiger partial charge on any atom is 0.128 e. The molecule has 0 bridgehead atoms. The first-order chi connectivity index (χ1) is 12.8. The monoisotopic (exact) mass is 376 g/mol. The standard InChI is InChI=1S/C22H20N2S2/c1-14-9-10-18-19(11-14)26-22-20(18)21(23-13-24-22)25-12-16-7-4-6-15-5-2-3-8-17(15)16/h2-8,13-14H,9-12H2,1H3. The number of aromatic nitrogens is 2. The van der Waals surface area contributed by atoms with E-state index in [0.29, 0.717) is 0 Å². The van der Waals surface area contributed by atoms with Crippen LogP contribution in [-0.2, 0) is 18.6 Å². The van der Waals surface area contributed by atoms with Crippen LogP contribution >= 0.6 is 23.1 Å². The van der Waals surface area contributed by atoms with Crippen LogP contribution in [0, 0.1) is 5.92 Å². The van der Waals surface area contributed by atoms with Gasteiger partial charge < -0.3 is 0 Å². The summed E-state index contributed by atoms with van der Waals surface area (Å²) in [6, 6.07) is 15.2. The Morgan fingerprint density at radius 3 is 2.96 bits per heavy atom. The first-order valence-electron chi connectivity index (χ1n) is 9.14. The Hall–Kier alpha value is -1.91. The lowest BCUT2D eigenvalue weighted by Gasteiger charge is -2.18. The van der Waals surface area contributed by atoms with Crippen molar-refractivity contribution in [3.63, 3.8) is 0 Å². The molecule has 2 aromatic carbocycles. The summed E-state index contributed by atoms with van der Waals surface area (Å²) in [5, 5.41) is 5.12. The summed E-state index contributed by atoms with van der Waals surface area (Å²) in [7, 11) is 0. The summed E-state index contributed by atoms with van der Waals surface area (Å²) >= 11 is 3.73. The van der Waals surface area contributed by atoms with Crippen LogP contribution in [0.2, 0.25) is 0 Å². The summed E-state index contributed by atoms with van der Waals surface area (Å²) in [6.45, 7) is 2.36. The van der Waals surface area contributed by atoms with E-state index in [0.717, 1.165) is 16.7 Å². The molecule has 1 aliphatic carbocycles. The van der Waals surface area contributed by atoms with Gasteiger partial charge in [-0.15, -0.1) is 23.1 Å². The molecule has 4 heteroatoms. The first kappa shape index (κ1) is 16.3. The quantitative estimate of drug-likeness (QED) is 0.312. The van der Waals surface area contributed by atoms with E-state index >= 15 is 0 Å². The molecule has 2 heterocycles. The van der Waals surface area contributed by atoms with Crippen molar-refractivity contribution in [3.8, 4) is 0 Å². The van der Waals surface area contributed by atoms with Gasteiger partial charge in [-0.3, -0.25) is 0 Å². The smallest absolute Gasteiger partial charge is 0.128 e. The lowest BCUT2D eigenvalue weighted by atomic mass is 9.89. The minimum absolute atomic E-state index is 0.787. The maximum atomic E-state index is 4.66. The van der Waals surface area contributed by atoms with Gasteiger partial charge in [-0.2, -0.15) is 0 Å². The molecule has 1 atom stereocenters. The van der Waals surface area contributed by atoms with Crippen molar-refractivity contribution in [1.82, 2.24) is 9.97 Å². The highest BCUT2D eigenvalue weighted by atomic mass is 32.2. The van der Waals surface area contributed by atoms with Crippen molar-refractivity contribution < 1.29 is 0 Å². The molecule has 2 nitrogen and oxygen atoms in total. The molecule has 5 rings (SSSR count). The van der Waals surface area contributed by atoms with E-state index in [2.05, 4.69) is 59.4 Å². The lowest BCUT2D eigenvalue weighted by molar-refractivity contribution is 0.509. The molecule has 2 aromatic heterocycles. The number of hydrogen-bond acceptors (Lipinski definition) is 4. The molecule has 26 heavy (non-hydrogen) atoms. The fourth-order valence-corrected chi connectivity index (χ4v) is 6.36. The average molecular weight is 377 g/mol. The summed E-state index contributed by atoms with van der Waals surface area (Å²) in [5.74, 6) is 1.73. The number of benzene rings is 2. The third-order valence-electron chi connectivity index (χ3n) is 5.30. The van der Waals surface area contributed by atoms with Gasteiger partial charge in [0.2, 0.25) is 0 Å². The number of aryl methyl sites for hydroxylation is 1. The highest BCUT2D eigenvalue weighted by Crippen LogP contribution is 2.41. The predicted octanol–water partition coefficient (Wildman–Crippen LogP) is 6.26. The fraction of sp³-hybridized carbons (Fsp3) is 0.273. The van der Waals surface area contributed by atoms with Gasteiger partial charge in [0.15, 0.2) is 0 Å². The highest BCUT2D eigenvalue weighted by molar-refractivity contribution is 7.98. The molecule has 0 aliphatic heterocycles. The van der Waals surface area contributed by atoms with Gasteiger partial charge >= 0.3 is 0 Å². The van der Waals surface area contributed by atoms with Crippen molar-refractivity contribution in [2.45, 2.75) is 37.0 Å². The van der Waals surface area contributed by atoms with Crippen LogP contribution in [0.15, 0.2) is 53.8 Å². The van der Waals surface area contributed by atoms with E-state index in [9.17, 15) is 0 Å². The number of hydrogen-bond donors (Lipinski definition) is 0. The summed E-state index contributed by atoms with van der Waals surface area (Å²) in [5.41, 5.74) is 2.89. The van der Waals surface area contributed by atoms with Gasteiger partial charge in [-0.05, 0) is 47.1 Å². The molecular formula is C22H20N2S2. The minimum atomic E-state index is 0.787. The molecule has 1 aliphatic rings. The third-order valence-corrected chi connectivity index (χ3v) is 7.50. The van der Waals surface area contributed by atoms with Gasteiger partial charge in [-0.1, -0.05) is 49.4 Å². The van der Waals surface area contributed by atoms with Crippen molar-refractivity contribution in [3.05, 3.63) is 64.8 Å². The van der Waals surface area contributed by atoms with Gasteiger partial charge in [0, 0.05) is 16.0 Å². The zero-order chi connectivity index (χ0) is 17.5. The third kappa shape index (κ3) is 2.81. The molecule has 0 spiro atoms. The SMILES string of the molecule is CC1CCc2c(sc3ncnc(SCc4cccc5ccccc45)c23)C1. The van der Waals surface area contributed by atoms with Crippen molar-refractivity contribution >= 4 is 44.1 Å². The summed E-state index contributed by atoms with van der Waals surface area (Å²) < 4.78 is 0. The zero-order valence-electron chi connectivity index (χ0n) is 14.7. The Balaban J connectivity index is 1.52.